The number of carbonyl (C=O) groups excluding carboxylic acids is 1. The zero-order valence-corrected chi connectivity index (χ0v) is 14.0. The van der Waals surface area contributed by atoms with Gasteiger partial charge in [0.15, 0.2) is 0 Å². The monoisotopic (exact) mass is 294 g/mol. The molecule has 0 radical (unpaired) electrons. The predicted octanol–water partition coefficient (Wildman–Crippen LogP) is 3.57. The molecule has 2 aliphatic rings. The quantitative estimate of drug-likeness (QED) is 0.814. The van der Waals surface area contributed by atoms with Crippen LogP contribution in [0.1, 0.15) is 71.6 Å². The van der Waals surface area contributed by atoms with Crippen LogP contribution in [0, 0.1) is 17.8 Å². The first-order chi connectivity index (χ1) is 10.1. The van der Waals surface area contributed by atoms with Crippen molar-refractivity contribution in [3.63, 3.8) is 0 Å². The molecule has 0 aromatic rings. The minimum atomic E-state index is 0.411. The van der Waals surface area contributed by atoms with E-state index in [1.165, 1.54) is 38.5 Å². The molecule has 122 valence electrons. The molecule has 2 fully saturated rings. The Bertz CT molecular complexity index is 327. The van der Waals surface area contributed by atoms with E-state index < -0.39 is 0 Å². The molecule has 1 saturated carbocycles. The first-order valence-electron chi connectivity index (χ1n) is 9.13. The maximum absolute atomic E-state index is 12.7. The summed E-state index contributed by atoms with van der Waals surface area (Å²) in [5, 5.41) is 0. The van der Waals surface area contributed by atoms with Crippen LogP contribution in [0.25, 0.3) is 0 Å². The summed E-state index contributed by atoms with van der Waals surface area (Å²) in [5.41, 5.74) is 5.71. The number of hydrogen-bond donors (Lipinski definition) is 1. The predicted molar refractivity (Wildman–Crippen MR) is 87.9 cm³/mol. The van der Waals surface area contributed by atoms with E-state index in [1.807, 2.05) is 0 Å². The highest BCUT2D eigenvalue weighted by Gasteiger charge is 2.35. The van der Waals surface area contributed by atoms with Gasteiger partial charge in [-0.05, 0) is 62.8 Å². The Hall–Kier alpha value is -0.570. The molecule has 3 atom stereocenters. The van der Waals surface area contributed by atoms with E-state index in [9.17, 15) is 4.79 Å². The van der Waals surface area contributed by atoms with Gasteiger partial charge in [-0.2, -0.15) is 0 Å². The van der Waals surface area contributed by atoms with Crippen LogP contribution in [-0.4, -0.2) is 29.9 Å². The lowest BCUT2D eigenvalue weighted by molar-refractivity contribution is -0.137. The van der Waals surface area contributed by atoms with E-state index in [-0.39, 0.29) is 0 Å². The van der Waals surface area contributed by atoms with Gasteiger partial charge in [0.25, 0.3) is 0 Å². The number of amides is 1. The maximum atomic E-state index is 12.7. The van der Waals surface area contributed by atoms with Crippen molar-refractivity contribution in [2.45, 2.75) is 77.7 Å². The number of hydrogen-bond acceptors (Lipinski definition) is 2. The topological polar surface area (TPSA) is 46.3 Å². The fraction of sp³-hybridized carbons (Fsp3) is 0.944. The number of carbonyl (C=O) groups is 1. The van der Waals surface area contributed by atoms with Crippen LogP contribution in [0.15, 0.2) is 0 Å². The van der Waals surface area contributed by atoms with Gasteiger partial charge in [0, 0.05) is 19.0 Å². The molecule has 1 aliphatic carbocycles. The fourth-order valence-electron chi connectivity index (χ4n) is 4.41. The van der Waals surface area contributed by atoms with Crippen LogP contribution in [0.5, 0.6) is 0 Å². The molecule has 3 nitrogen and oxygen atoms in total. The Balaban J connectivity index is 1.86. The van der Waals surface area contributed by atoms with Crippen LogP contribution < -0.4 is 5.73 Å². The number of nitrogens with zero attached hydrogens (tertiary/aromatic N) is 1. The molecular weight excluding hydrogens is 260 g/mol. The minimum Gasteiger partial charge on any atom is -0.339 e. The van der Waals surface area contributed by atoms with Crippen molar-refractivity contribution < 1.29 is 4.79 Å². The summed E-state index contributed by atoms with van der Waals surface area (Å²) in [6.07, 6.45) is 10.6. The number of nitrogens with two attached hydrogens (primary N) is 1. The summed E-state index contributed by atoms with van der Waals surface area (Å²) in [7, 11) is 0. The molecule has 0 aromatic heterocycles. The third kappa shape index (κ3) is 4.45. The smallest absolute Gasteiger partial charge is 0.222 e. The number of likely N-dealkylation sites (tertiary alicyclic amines) is 1. The molecule has 1 heterocycles. The summed E-state index contributed by atoms with van der Waals surface area (Å²) < 4.78 is 0. The maximum Gasteiger partial charge on any atom is 0.222 e. The molecule has 0 aromatic carbocycles. The van der Waals surface area contributed by atoms with Gasteiger partial charge in [-0.1, -0.05) is 26.7 Å². The van der Waals surface area contributed by atoms with Gasteiger partial charge in [-0.25, -0.2) is 0 Å². The van der Waals surface area contributed by atoms with E-state index in [2.05, 4.69) is 18.7 Å². The Morgan fingerprint density at radius 3 is 2.57 bits per heavy atom. The van der Waals surface area contributed by atoms with Crippen molar-refractivity contribution in [1.29, 1.82) is 0 Å². The van der Waals surface area contributed by atoms with E-state index in [0.717, 1.165) is 38.3 Å². The number of rotatable bonds is 6. The fourth-order valence-corrected chi connectivity index (χ4v) is 4.41. The van der Waals surface area contributed by atoms with Crippen molar-refractivity contribution in [1.82, 2.24) is 4.90 Å². The second kappa shape index (κ2) is 8.17. The van der Waals surface area contributed by atoms with Gasteiger partial charge >= 0.3 is 0 Å². The highest BCUT2D eigenvalue weighted by atomic mass is 16.2. The van der Waals surface area contributed by atoms with Crippen LogP contribution >= 0.6 is 0 Å². The third-order valence-electron chi connectivity index (χ3n) is 5.77. The summed E-state index contributed by atoms with van der Waals surface area (Å²) >= 11 is 0. The average molecular weight is 294 g/mol. The van der Waals surface area contributed by atoms with Crippen molar-refractivity contribution >= 4 is 5.91 Å². The molecule has 21 heavy (non-hydrogen) atoms. The lowest BCUT2D eigenvalue weighted by Gasteiger charge is -2.44. The molecule has 3 unspecified atom stereocenters. The van der Waals surface area contributed by atoms with Crippen molar-refractivity contribution in [2.75, 3.05) is 13.1 Å². The zero-order chi connectivity index (χ0) is 15.2. The molecule has 0 bridgehead atoms. The Kier molecular flexibility index (Phi) is 6.53. The molecular formula is C18H34N2O. The Morgan fingerprint density at radius 1 is 1.14 bits per heavy atom. The largest absolute Gasteiger partial charge is 0.339 e. The molecule has 0 spiro atoms. The molecule has 1 aliphatic heterocycles. The van der Waals surface area contributed by atoms with E-state index in [0.29, 0.717) is 23.8 Å². The van der Waals surface area contributed by atoms with Crippen LogP contribution in [0.3, 0.4) is 0 Å². The number of piperidine rings is 1. The molecule has 2 rings (SSSR count). The minimum absolute atomic E-state index is 0.411. The lowest BCUT2D eigenvalue weighted by atomic mass is 9.78. The van der Waals surface area contributed by atoms with E-state index in [4.69, 9.17) is 5.73 Å². The highest BCUT2D eigenvalue weighted by molar-refractivity contribution is 5.76. The van der Waals surface area contributed by atoms with Crippen molar-refractivity contribution in [3.8, 4) is 0 Å². The van der Waals surface area contributed by atoms with Gasteiger partial charge in [-0.3, -0.25) is 4.79 Å². The van der Waals surface area contributed by atoms with Crippen LogP contribution in [0.4, 0.5) is 0 Å². The SMILES string of the molecule is CC(C)C(CCN)CCC(=O)N1CCCC2CCCCC21. The first-order valence-corrected chi connectivity index (χ1v) is 9.13. The zero-order valence-electron chi connectivity index (χ0n) is 14.0. The van der Waals surface area contributed by atoms with Gasteiger partial charge in [0.05, 0.1) is 0 Å². The highest BCUT2D eigenvalue weighted by Crippen LogP contribution is 2.35. The molecule has 1 amide bonds. The Morgan fingerprint density at radius 2 is 1.86 bits per heavy atom. The number of fused-ring (bicyclic) bond motifs is 1. The Labute approximate surface area is 130 Å². The first kappa shape index (κ1) is 16.8. The summed E-state index contributed by atoms with van der Waals surface area (Å²) in [6, 6.07) is 0.562. The van der Waals surface area contributed by atoms with Gasteiger partial charge < -0.3 is 10.6 Å². The standard InChI is InChI=1S/C18H34N2O/c1-14(2)15(11-12-19)9-10-18(21)20-13-5-7-16-6-3-4-8-17(16)20/h14-17H,3-13,19H2,1-2H3. The second-order valence-corrected chi connectivity index (χ2v) is 7.46. The van der Waals surface area contributed by atoms with E-state index >= 15 is 0 Å². The molecule has 1 saturated heterocycles. The summed E-state index contributed by atoms with van der Waals surface area (Å²) in [4.78, 5) is 14.9. The molecule has 2 N–H and O–H groups in total. The van der Waals surface area contributed by atoms with Gasteiger partial charge in [0.2, 0.25) is 5.91 Å². The third-order valence-corrected chi connectivity index (χ3v) is 5.77. The molecule has 3 heteroatoms. The van der Waals surface area contributed by atoms with E-state index in [1.54, 1.807) is 0 Å². The lowest BCUT2D eigenvalue weighted by Crippen LogP contribution is -2.49. The van der Waals surface area contributed by atoms with Gasteiger partial charge in [0.1, 0.15) is 0 Å². The van der Waals surface area contributed by atoms with Crippen molar-refractivity contribution in [2.24, 2.45) is 23.5 Å². The van der Waals surface area contributed by atoms with Crippen molar-refractivity contribution in [3.05, 3.63) is 0 Å². The summed E-state index contributed by atoms with van der Waals surface area (Å²) in [6.45, 7) is 6.25. The van der Waals surface area contributed by atoms with Gasteiger partial charge in [-0.15, -0.1) is 0 Å². The second-order valence-electron chi connectivity index (χ2n) is 7.46. The normalized spacial score (nSPS) is 27.5. The van der Waals surface area contributed by atoms with Crippen LogP contribution in [0.2, 0.25) is 0 Å². The average Bonchev–Trinajstić information content (AvgIpc) is 2.50. The van der Waals surface area contributed by atoms with Crippen LogP contribution in [-0.2, 0) is 4.79 Å². The summed E-state index contributed by atoms with van der Waals surface area (Å²) in [5.74, 6) is 2.44.